The van der Waals surface area contributed by atoms with Gasteiger partial charge >= 0.3 is 0 Å². The van der Waals surface area contributed by atoms with Gasteiger partial charge in [0.1, 0.15) is 6.33 Å². The van der Waals surface area contributed by atoms with Crippen LogP contribution in [0.15, 0.2) is 16.7 Å². The summed E-state index contributed by atoms with van der Waals surface area (Å²) >= 11 is 0. The largest absolute Gasteiger partial charge is 0.395 e. The highest BCUT2D eigenvalue weighted by atomic mass is 16.3. The van der Waals surface area contributed by atoms with Crippen molar-refractivity contribution >= 4 is 29.2 Å². The molecule has 1 fully saturated rings. The SMILES string of the molecule is CC(C)C(=O)Nc1nc2c(ncn2/C=C2/CC2(CO)CO)c(=O)[nH]1. The van der Waals surface area contributed by atoms with E-state index in [0.29, 0.717) is 12.1 Å². The van der Waals surface area contributed by atoms with E-state index in [0.717, 1.165) is 5.57 Å². The topological polar surface area (TPSA) is 133 Å². The number of hydrogen-bond acceptors (Lipinski definition) is 6. The van der Waals surface area contributed by atoms with Gasteiger partial charge in [-0.15, -0.1) is 0 Å². The molecule has 1 aliphatic carbocycles. The summed E-state index contributed by atoms with van der Waals surface area (Å²) in [5.41, 5.74) is 0.229. The van der Waals surface area contributed by atoms with Crippen LogP contribution in [0.3, 0.4) is 0 Å². The highest BCUT2D eigenvalue weighted by Crippen LogP contribution is 2.51. The molecule has 1 aliphatic rings. The maximum atomic E-state index is 12.1. The molecule has 0 spiro atoms. The minimum Gasteiger partial charge on any atom is -0.395 e. The molecule has 0 radical (unpaired) electrons. The van der Waals surface area contributed by atoms with Crippen molar-refractivity contribution in [2.45, 2.75) is 20.3 Å². The molecule has 0 atom stereocenters. The van der Waals surface area contributed by atoms with Crippen molar-refractivity contribution in [2.24, 2.45) is 11.3 Å². The molecule has 9 nitrogen and oxygen atoms in total. The van der Waals surface area contributed by atoms with Gasteiger partial charge < -0.3 is 10.2 Å². The van der Waals surface area contributed by atoms with Crippen molar-refractivity contribution in [1.29, 1.82) is 0 Å². The fraction of sp³-hybridized carbons (Fsp3) is 0.467. The fourth-order valence-corrected chi connectivity index (χ4v) is 2.38. The number of imidazole rings is 1. The molecule has 2 aromatic heterocycles. The van der Waals surface area contributed by atoms with Gasteiger partial charge in [0, 0.05) is 17.5 Å². The molecule has 2 heterocycles. The van der Waals surface area contributed by atoms with Gasteiger partial charge in [0.15, 0.2) is 11.2 Å². The van der Waals surface area contributed by atoms with Crippen LogP contribution in [-0.2, 0) is 4.79 Å². The van der Waals surface area contributed by atoms with Crippen molar-refractivity contribution in [1.82, 2.24) is 19.5 Å². The highest BCUT2D eigenvalue weighted by Gasteiger charge is 2.48. The molecular weight excluding hydrogens is 314 g/mol. The fourth-order valence-electron chi connectivity index (χ4n) is 2.38. The van der Waals surface area contributed by atoms with Crippen molar-refractivity contribution in [2.75, 3.05) is 18.5 Å². The zero-order valence-electron chi connectivity index (χ0n) is 13.4. The van der Waals surface area contributed by atoms with Gasteiger partial charge in [-0.3, -0.25) is 24.5 Å². The van der Waals surface area contributed by atoms with Gasteiger partial charge in [-0.25, -0.2) is 4.98 Å². The van der Waals surface area contributed by atoms with E-state index in [1.54, 1.807) is 24.6 Å². The number of fused-ring (bicyclic) bond motifs is 1. The summed E-state index contributed by atoms with van der Waals surface area (Å²) in [6.45, 7) is 3.17. The second-order valence-corrected chi connectivity index (χ2v) is 6.31. The van der Waals surface area contributed by atoms with E-state index in [1.807, 2.05) is 0 Å². The van der Waals surface area contributed by atoms with Crippen LogP contribution in [0, 0.1) is 11.3 Å². The molecule has 0 aliphatic heterocycles. The molecule has 4 N–H and O–H groups in total. The summed E-state index contributed by atoms with van der Waals surface area (Å²) in [6, 6.07) is 0. The number of carbonyl (C=O) groups is 1. The first-order valence-corrected chi connectivity index (χ1v) is 7.61. The lowest BCUT2D eigenvalue weighted by Crippen LogP contribution is -2.22. The third kappa shape index (κ3) is 2.72. The number of hydrogen-bond donors (Lipinski definition) is 4. The summed E-state index contributed by atoms with van der Waals surface area (Å²) in [5.74, 6) is -0.458. The van der Waals surface area contributed by atoms with E-state index in [1.165, 1.54) is 6.33 Å². The smallest absolute Gasteiger partial charge is 0.280 e. The van der Waals surface area contributed by atoms with E-state index >= 15 is 0 Å². The summed E-state index contributed by atoms with van der Waals surface area (Å²) in [6.07, 6.45) is 3.70. The molecule has 3 rings (SSSR count). The molecule has 0 unspecified atom stereocenters. The first-order chi connectivity index (χ1) is 11.4. The zero-order chi connectivity index (χ0) is 17.5. The molecule has 2 aromatic rings. The van der Waals surface area contributed by atoms with Crippen molar-refractivity contribution in [3.63, 3.8) is 0 Å². The van der Waals surface area contributed by atoms with Crippen LogP contribution in [0.1, 0.15) is 20.3 Å². The van der Waals surface area contributed by atoms with Crippen LogP contribution in [-0.4, -0.2) is 48.9 Å². The molecule has 1 saturated carbocycles. The Morgan fingerprint density at radius 2 is 2.21 bits per heavy atom. The Hall–Kier alpha value is -2.52. The monoisotopic (exact) mass is 333 g/mol. The Morgan fingerprint density at radius 3 is 2.79 bits per heavy atom. The van der Waals surface area contributed by atoms with Gasteiger partial charge in [0.05, 0.1) is 13.2 Å². The summed E-state index contributed by atoms with van der Waals surface area (Å²) in [5, 5.41) is 21.3. The van der Waals surface area contributed by atoms with Gasteiger partial charge in [-0.05, 0) is 12.0 Å². The Balaban J connectivity index is 1.99. The minimum absolute atomic E-state index is 0.0535. The quantitative estimate of drug-likeness (QED) is 0.605. The number of nitrogens with one attached hydrogen (secondary N) is 2. The van der Waals surface area contributed by atoms with E-state index in [4.69, 9.17) is 0 Å². The highest BCUT2D eigenvalue weighted by molar-refractivity contribution is 5.91. The number of rotatable bonds is 5. The molecular formula is C15H19N5O4. The van der Waals surface area contributed by atoms with Gasteiger partial charge in [0.25, 0.3) is 5.56 Å². The Labute approximate surface area is 137 Å². The van der Waals surface area contributed by atoms with Crippen LogP contribution < -0.4 is 10.9 Å². The molecule has 1 amide bonds. The maximum Gasteiger partial charge on any atom is 0.280 e. The van der Waals surface area contributed by atoms with Gasteiger partial charge in [-0.1, -0.05) is 13.8 Å². The standard InChI is InChI=1S/C15H19N5O4/c1-8(2)12(23)18-14-17-11-10(13(24)19-14)16-7-20(11)4-9-3-15(9,5-21)6-22/h4,7-8,21-22H,3,5-6H2,1-2H3,(H2,17,18,19,23,24)/b9-4-. The van der Waals surface area contributed by atoms with Gasteiger partial charge in [-0.2, -0.15) is 4.98 Å². The number of aromatic nitrogens is 4. The summed E-state index contributed by atoms with van der Waals surface area (Å²) in [4.78, 5) is 34.6. The third-order valence-electron chi connectivity index (χ3n) is 4.18. The zero-order valence-corrected chi connectivity index (χ0v) is 13.4. The number of carbonyl (C=O) groups excluding carboxylic acids is 1. The lowest BCUT2D eigenvalue weighted by atomic mass is 10.1. The minimum atomic E-state index is -0.605. The van der Waals surface area contributed by atoms with Crippen LogP contribution in [0.25, 0.3) is 17.4 Å². The lowest BCUT2D eigenvalue weighted by molar-refractivity contribution is -0.118. The lowest BCUT2D eigenvalue weighted by Gasteiger charge is -2.07. The Morgan fingerprint density at radius 1 is 1.50 bits per heavy atom. The molecule has 128 valence electrons. The average Bonchev–Trinajstić information content (AvgIpc) is 3.10. The van der Waals surface area contributed by atoms with E-state index in [2.05, 4.69) is 20.3 Å². The number of H-pyrrole nitrogens is 1. The molecule has 0 bridgehead atoms. The van der Waals surface area contributed by atoms with Crippen molar-refractivity contribution in [3.8, 4) is 0 Å². The van der Waals surface area contributed by atoms with E-state index < -0.39 is 11.0 Å². The number of aliphatic hydroxyl groups is 2. The second-order valence-electron chi connectivity index (χ2n) is 6.31. The second kappa shape index (κ2) is 5.84. The number of aromatic amines is 1. The normalized spacial score (nSPS) is 17.6. The number of amides is 1. The number of anilines is 1. The Kier molecular flexibility index (Phi) is 3.98. The average molecular weight is 333 g/mol. The Bertz CT molecular complexity index is 876. The van der Waals surface area contributed by atoms with Crippen molar-refractivity contribution < 1.29 is 15.0 Å². The first-order valence-electron chi connectivity index (χ1n) is 7.61. The van der Waals surface area contributed by atoms with E-state index in [9.17, 15) is 19.8 Å². The molecule has 24 heavy (non-hydrogen) atoms. The molecule has 0 saturated heterocycles. The number of aliphatic hydroxyl groups excluding tert-OH is 2. The van der Waals surface area contributed by atoms with Gasteiger partial charge in [0.2, 0.25) is 11.9 Å². The molecule has 9 heteroatoms. The predicted octanol–water partition coefficient (Wildman–Crippen LogP) is -0.0703. The third-order valence-corrected chi connectivity index (χ3v) is 4.18. The van der Waals surface area contributed by atoms with Crippen LogP contribution in [0.4, 0.5) is 5.95 Å². The first kappa shape index (κ1) is 16.3. The maximum absolute atomic E-state index is 12.1. The van der Waals surface area contributed by atoms with Crippen LogP contribution in [0.5, 0.6) is 0 Å². The van der Waals surface area contributed by atoms with Crippen LogP contribution in [0.2, 0.25) is 0 Å². The summed E-state index contributed by atoms with van der Waals surface area (Å²) in [7, 11) is 0. The molecule has 0 aromatic carbocycles. The number of nitrogens with zero attached hydrogens (tertiary/aromatic N) is 3. The van der Waals surface area contributed by atoms with Crippen LogP contribution >= 0.6 is 0 Å². The van der Waals surface area contributed by atoms with E-state index in [-0.39, 0.29) is 36.5 Å². The van der Waals surface area contributed by atoms with Crippen molar-refractivity contribution in [3.05, 3.63) is 22.3 Å². The summed E-state index contributed by atoms with van der Waals surface area (Å²) < 4.78 is 1.55. The predicted molar refractivity (Wildman–Crippen MR) is 87.1 cm³/mol.